The van der Waals surface area contributed by atoms with Gasteiger partial charge < -0.3 is 0 Å². The molecule has 2 aromatic rings. The minimum Gasteiger partial charge on any atom is -0.276 e. The van der Waals surface area contributed by atoms with E-state index >= 15 is 0 Å². The molecule has 0 spiro atoms. The number of nitrogens with zero attached hydrogens (tertiary/aromatic N) is 2. The van der Waals surface area contributed by atoms with Gasteiger partial charge in [-0.05, 0) is 30.4 Å². The van der Waals surface area contributed by atoms with Crippen LogP contribution in [0.4, 0.5) is 0 Å². The molecule has 2 rings (SSSR count). The number of benzene rings is 1. The molecule has 0 aliphatic carbocycles. The lowest BCUT2D eigenvalue weighted by Gasteiger charge is -1.95. The second kappa shape index (κ2) is 7.43. The zero-order chi connectivity index (χ0) is 13.3. The SMILES string of the molecule is Cn1cc(CCCC#CCCc2ccccc2)cn1. The van der Waals surface area contributed by atoms with Crippen LogP contribution in [0, 0.1) is 11.8 Å². The molecule has 0 saturated carbocycles. The molecule has 2 nitrogen and oxygen atoms in total. The van der Waals surface area contributed by atoms with Gasteiger partial charge >= 0.3 is 0 Å². The summed E-state index contributed by atoms with van der Waals surface area (Å²) in [6.45, 7) is 0. The van der Waals surface area contributed by atoms with E-state index in [1.807, 2.05) is 24.0 Å². The molecule has 2 heteroatoms. The molecule has 0 aliphatic rings. The van der Waals surface area contributed by atoms with Crippen molar-refractivity contribution in [1.82, 2.24) is 9.78 Å². The van der Waals surface area contributed by atoms with Gasteiger partial charge in [0.25, 0.3) is 0 Å². The molecule has 1 heterocycles. The highest BCUT2D eigenvalue weighted by molar-refractivity contribution is 5.16. The summed E-state index contributed by atoms with van der Waals surface area (Å²) in [5, 5.41) is 4.16. The second-order valence-electron chi connectivity index (χ2n) is 4.71. The van der Waals surface area contributed by atoms with Crippen LogP contribution in [-0.4, -0.2) is 9.78 Å². The van der Waals surface area contributed by atoms with Gasteiger partial charge in [-0.2, -0.15) is 5.10 Å². The largest absolute Gasteiger partial charge is 0.276 e. The molecule has 0 N–H and O–H groups in total. The van der Waals surface area contributed by atoms with Crippen LogP contribution in [0.15, 0.2) is 42.7 Å². The van der Waals surface area contributed by atoms with Crippen molar-refractivity contribution in [3.63, 3.8) is 0 Å². The Bertz CT molecular complexity index is 543. The number of hydrogen-bond donors (Lipinski definition) is 0. The lowest BCUT2D eigenvalue weighted by Crippen LogP contribution is -1.85. The molecule has 0 amide bonds. The van der Waals surface area contributed by atoms with Gasteiger partial charge in [-0.25, -0.2) is 0 Å². The lowest BCUT2D eigenvalue weighted by atomic mass is 10.1. The fraction of sp³-hybridized carbons (Fsp3) is 0.353. The lowest BCUT2D eigenvalue weighted by molar-refractivity contribution is 0.765. The van der Waals surface area contributed by atoms with Gasteiger partial charge in [0.05, 0.1) is 6.20 Å². The summed E-state index contributed by atoms with van der Waals surface area (Å²) in [6.07, 6.45) is 9.17. The van der Waals surface area contributed by atoms with Crippen LogP contribution in [0.3, 0.4) is 0 Å². The summed E-state index contributed by atoms with van der Waals surface area (Å²) in [5.74, 6) is 6.51. The third-order valence-corrected chi connectivity index (χ3v) is 3.03. The Balaban J connectivity index is 1.60. The molecule has 98 valence electrons. The zero-order valence-electron chi connectivity index (χ0n) is 11.5. The third-order valence-electron chi connectivity index (χ3n) is 3.03. The third kappa shape index (κ3) is 5.01. The highest BCUT2D eigenvalue weighted by Crippen LogP contribution is 2.03. The van der Waals surface area contributed by atoms with Gasteiger partial charge in [0.1, 0.15) is 0 Å². The van der Waals surface area contributed by atoms with Gasteiger partial charge in [-0.15, -0.1) is 11.8 Å². The quantitative estimate of drug-likeness (QED) is 0.589. The molecule has 0 saturated heterocycles. The Labute approximate surface area is 115 Å². The molecule has 1 aromatic carbocycles. The summed E-state index contributed by atoms with van der Waals surface area (Å²) in [7, 11) is 1.95. The van der Waals surface area contributed by atoms with Gasteiger partial charge in [0.2, 0.25) is 0 Å². The molecular formula is C17H20N2. The van der Waals surface area contributed by atoms with E-state index in [4.69, 9.17) is 0 Å². The Hall–Kier alpha value is -2.01. The van der Waals surface area contributed by atoms with Crippen LogP contribution >= 0.6 is 0 Å². The molecule has 0 radical (unpaired) electrons. The van der Waals surface area contributed by atoms with E-state index in [0.29, 0.717) is 0 Å². The smallest absolute Gasteiger partial charge is 0.0521 e. The first kappa shape index (κ1) is 13.4. The van der Waals surface area contributed by atoms with Crippen LogP contribution in [0.5, 0.6) is 0 Å². The Kier molecular flexibility index (Phi) is 5.25. The molecule has 19 heavy (non-hydrogen) atoms. The van der Waals surface area contributed by atoms with Crippen molar-refractivity contribution in [3.05, 3.63) is 53.9 Å². The first-order valence-corrected chi connectivity index (χ1v) is 6.82. The molecule has 0 bridgehead atoms. The number of unbranched alkanes of at least 4 members (excludes halogenated alkanes) is 1. The van der Waals surface area contributed by atoms with E-state index in [9.17, 15) is 0 Å². The summed E-state index contributed by atoms with van der Waals surface area (Å²) in [5.41, 5.74) is 2.67. The maximum Gasteiger partial charge on any atom is 0.0521 e. The number of hydrogen-bond acceptors (Lipinski definition) is 1. The predicted molar refractivity (Wildman–Crippen MR) is 78.7 cm³/mol. The van der Waals surface area contributed by atoms with Crippen LogP contribution < -0.4 is 0 Å². The van der Waals surface area contributed by atoms with E-state index in [1.165, 1.54) is 11.1 Å². The van der Waals surface area contributed by atoms with Gasteiger partial charge in [0.15, 0.2) is 0 Å². The first-order valence-electron chi connectivity index (χ1n) is 6.82. The molecule has 0 aliphatic heterocycles. The number of aromatic nitrogens is 2. The Morgan fingerprint density at radius 2 is 1.79 bits per heavy atom. The summed E-state index contributed by atoms with van der Waals surface area (Å²) in [4.78, 5) is 0. The molecule has 0 atom stereocenters. The van der Waals surface area contributed by atoms with Crippen molar-refractivity contribution >= 4 is 0 Å². The molecule has 0 fully saturated rings. The average molecular weight is 252 g/mol. The van der Waals surface area contributed by atoms with Gasteiger partial charge in [0, 0.05) is 26.1 Å². The maximum atomic E-state index is 4.16. The Morgan fingerprint density at radius 3 is 2.53 bits per heavy atom. The highest BCUT2D eigenvalue weighted by Gasteiger charge is 1.94. The molecular weight excluding hydrogens is 232 g/mol. The highest BCUT2D eigenvalue weighted by atomic mass is 15.2. The summed E-state index contributed by atoms with van der Waals surface area (Å²) < 4.78 is 1.85. The molecule has 1 aromatic heterocycles. The average Bonchev–Trinajstić information content (AvgIpc) is 2.85. The maximum absolute atomic E-state index is 4.16. The number of aryl methyl sites for hydroxylation is 3. The van der Waals surface area contributed by atoms with Crippen molar-refractivity contribution in [2.45, 2.75) is 32.1 Å². The van der Waals surface area contributed by atoms with E-state index in [1.54, 1.807) is 0 Å². The monoisotopic (exact) mass is 252 g/mol. The van der Waals surface area contributed by atoms with Gasteiger partial charge in [-0.3, -0.25) is 4.68 Å². The summed E-state index contributed by atoms with van der Waals surface area (Å²) in [6, 6.07) is 10.5. The normalized spacial score (nSPS) is 9.95. The van der Waals surface area contributed by atoms with Crippen LogP contribution in [0.25, 0.3) is 0 Å². The van der Waals surface area contributed by atoms with Crippen molar-refractivity contribution in [1.29, 1.82) is 0 Å². The Morgan fingerprint density at radius 1 is 1.00 bits per heavy atom. The van der Waals surface area contributed by atoms with Crippen LogP contribution in [0.2, 0.25) is 0 Å². The van der Waals surface area contributed by atoms with E-state index < -0.39 is 0 Å². The van der Waals surface area contributed by atoms with E-state index in [0.717, 1.165) is 32.1 Å². The zero-order valence-corrected chi connectivity index (χ0v) is 11.5. The summed E-state index contributed by atoms with van der Waals surface area (Å²) >= 11 is 0. The molecule has 0 unspecified atom stereocenters. The second-order valence-corrected chi connectivity index (χ2v) is 4.71. The van der Waals surface area contributed by atoms with E-state index in [2.05, 4.69) is 47.4 Å². The van der Waals surface area contributed by atoms with Crippen LogP contribution in [-0.2, 0) is 19.9 Å². The minimum absolute atomic E-state index is 0.955. The van der Waals surface area contributed by atoms with Crippen molar-refractivity contribution < 1.29 is 0 Å². The van der Waals surface area contributed by atoms with Crippen molar-refractivity contribution in [3.8, 4) is 11.8 Å². The fourth-order valence-corrected chi connectivity index (χ4v) is 2.01. The standard InChI is InChI=1S/C17H20N2/c1-19-15-17(14-18-19)13-7-4-2-3-6-10-16-11-8-5-9-12-16/h5,8-9,11-12,14-15H,4,6-7,10,13H2,1H3. The fourth-order valence-electron chi connectivity index (χ4n) is 2.01. The van der Waals surface area contributed by atoms with E-state index in [-0.39, 0.29) is 0 Å². The minimum atomic E-state index is 0.955. The topological polar surface area (TPSA) is 17.8 Å². The first-order chi connectivity index (χ1) is 9.34. The number of rotatable bonds is 5. The van der Waals surface area contributed by atoms with Crippen molar-refractivity contribution in [2.75, 3.05) is 0 Å². The van der Waals surface area contributed by atoms with Crippen molar-refractivity contribution in [2.24, 2.45) is 7.05 Å². The predicted octanol–water partition coefficient (Wildman–Crippen LogP) is 3.38. The van der Waals surface area contributed by atoms with Gasteiger partial charge in [-0.1, -0.05) is 30.3 Å². The van der Waals surface area contributed by atoms with Crippen LogP contribution in [0.1, 0.15) is 30.4 Å².